The van der Waals surface area contributed by atoms with Gasteiger partial charge in [-0.1, -0.05) is 19.1 Å². The highest BCUT2D eigenvalue weighted by molar-refractivity contribution is 5.48. The van der Waals surface area contributed by atoms with Crippen molar-refractivity contribution in [3.63, 3.8) is 0 Å². The highest BCUT2D eigenvalue weighted by atomic mass is 19.1. The molecule has 1 unspecified atom stereocenters. The number of para-hydroxylation sites is 1. The Morgan fingerprint density at radius 1 is 1.44 bits per heavy atom. The number of nitrogens with one attached hydrogen (secondary N) is 1. The maximum absolute atomic E-state index is 13.6. The first-order valence-corrected chi connectivity index (χ1v) is 6.01. The van der Waals surface area contributed by atoms with E-state index in [1.165, 1.54) is 6.07 Å². The quantitative estimate of drug-likeness (QED) is 0.840. The molecular weight excluding hydrogens is 203 g/mol. The van der Waals surface area contributed by atoms with Gasteiger partial charge in [0.05, 0.1) is 5.69 Å². The first-order chi connectivity index (χ1) is 7.81. The van der Waals surface area contributed by atoms with E-state index in [9.17, 15) is 4.39 Å². The van der Waals surface area contributed by atoms with E-state index in [1.54, 1.807) is 6.07 Å². The van der Waals surface area contributed by atoms with Gasteiger partial charge < -0.3 is 10.2 Å². The fraction of sp³-hybridized carbons (Fsp3) is 0.538. The molecule has 0 radical (unpaired) electrons. The van der Waals surface area contributed by atoms with Gasteiger partial charge in [-0.15, -0.1) is 0 Å². The molecule has 0 spiro atoms. The SMILES string of the molecule is CCNCC1CCN(c2ccccc2F)C1. The molecule has 88 valence electrons. The standard InChI is InChI=1S/C13H19FN2/c1-2-15-9-11-7-8-16(10-11)13-6-4-3-5-12(13)14/h3-6,11,15H,2,7-10H2,1H3. The number of halogens is 1. The molecule has 16 heavy (non-hydrogen) atoms. The predicted octanol–water partition coefficient (Wildman–Crippen LogP) is 2.26. The minimum Gasteiger partial charge on any atom is -0.369 e. The molecule has 1 fully saturated rings. The van der Waals surface area contributed by atoms with Crippen molar-refractivity contribution >= 4 is 5.69 Å². The number of hydrogen-bond acceptors (Lipinski definition) is 2. The Morgan fingerprint density at radius 2 is 2.25 bits per heavy atom. The van der Waals surface area contributed by atoms with Crippen LogP contribution in [-0.2, 0) is 0 Å². The Labute approximate surface area is 96.5 Å². The molecule has 1 aliphatic heterocycles. The van der Waals surface area contributed by atoms with Crippen LogP contribution >= 0.6 is 0 Å². The molecule has 1 atom stereocenters. The van der Waals surface area contributed by atoms with Crippen molar-refractivity contribution in [2.45, 2.75) is 13.3 Å². The van der Waals surface area contributed by atoms with Gasteiger partial charge in [0.15, 0.2) is 0 Å². The molecule has 0 aliphatic carbocycles. The summed E-state index contributed by atoms with van der Waals surface area (Å²) in [6.45, 7) is 6.10. The molecule has 0 saturated carbocycles. The summed E-state index contributed by atoms with van der Waals surface area (Å²) in [6, 6.07) is 7.04. The summed E-state index contributed by atoms with van der Waals surface area (Å²) in [5.74, 6) is 0.547. The second-order valence-corrected chi connectivity index (χ2v) is 4.36. The molecule has 0 amide bonds. The van der Waals surface area contributed by atoms with Crippen molar-refractivity contribution in [2.24, 2.45) is 5.92 Å². The largest absolute Gasteiger partial charge is 0.369 e. The van der Waals surface area contributed by atoms with Gasteiger partial charge in [0.25, 0.3) is 0 Å². The molecule has 3 heteroatoms. The zero-order chi connectivity index (χ0) is 11.4. The minimum atomic E-state index is -0.105. The monoisotopic (exact) mass is 222 g/mol. The van der Waals surface area contributed by atoms with E-state index < -0.39 is 0 Å². The van der Waals surface area contributed by atoms with Gasteiger partial charge in [0, 0.05) is 13.1 Å². The topological polar surface area (TPSA) is 15.3 Å². The highest BCUT2D eigenvalue weighted by Gasteiger charge is 2.23. The number of benzene rings is 1. The summed E-state index contributed by atoms with van der Waals surface area (Å²) in [6.07, 6.45) is 1.15. The van der Waals surface area contributed by atoms with Crippen LogP contribution in [0.25, 0.3) is 0 Å². The normalized spacial score (nSPS) is 20.4. The van der Waals surface area contributed by atoms with Crippen LogP contribution in [0.3, 0.4) is 0 Å². The fourth-order valence-electron chi connectivity index (χ4n) is 2.27. The van der Waals surface area contributed by atoms with Gasteiger partial charge in [-0.05, 0) is 37.6 Å². The summed E-state index contributed by atoms with van der Waals surface area (Å²) in [7, 11) is 0. The summed E-state index contributed by atoms with van der Waals surface area (Å²) in [4.78, 5) is 2.15. The lowest BCUT2D eigenvalue weighted by molar-refractivity contribution is 0.527. The van der Waals surface area contributed by atoms with Crippen LogP contribution in [0.5, 0.6) is 0 Å². The summed E-state index contributed by atoms with van der Waals surface area (Å²) in [5, 5.41) is 3.36. The fourth-order valence-corrected chi connectivity index (χ4v) is 2.27. The second-order valence-electron chi connectivity index (χ2n) is 4.36. The van der Waals surface area contributed by atoms with E-state index in [0.717, 1.165) is 38.3 Å². The predicted molar refractivity (Wildman–Crippen MR) is 65.3 cm³/mol. The second kappa shape index (κ2) is 5.30. The Kier molecular flexibility index (Phi) is 3.78. The van der Waals surface area contributed by atoms with Crippen molar-refractivity contribution in [3.05, 3.63) is 30.1 Å². The number of hydrogen-bond donors (Lipinski definition) is 1. The van der Waals surface area contributed by atoms with Crippen LogP contribution in [-0.4, -0.2) is 26.2 Å². The third kappa shape index (κ3) is 2.53. The van der Waals surface area contributed by atoms with Gasteiger partial charge >= 0.3 is 0 Å². The molecule has 1 aliphatic rings. The number of anilines is 1. The summed E-state index contributed by atoms with van der Waals surface area (Å²) in [5.41, 5.74) is 0.751. The molecule has 2 rings (SSSR count). The van der Waals surface area contributed by atoms with Crippen LogP contribution in [0.2, 0.25) is 0 Å². The average Bonchev–Trinajstić information content (AvgIpc) is 2.75. The molecule has 1 saturated heterocycles. The van der Waals surface area contributed by atoms with Crippen molar-refractivity contribution in [1.82, 2.24) is 5.32 Å². The molecule has 2 nitrogen and oxygen atoms in total. The molecule has 1 N–H and O–H groups in total. The van der Waals surface area contributed by atoms with E-state index in [1.807, 2.05) is 12.1 Å². The maximum atomic E-state index is 13.6. The van der Waals surface area contributed by atoms with Crippen LogP contribution < -0.4 is 10.2 Å². The third-order valence-electron chi connectivity index (χ3n) is 3.16. The number of nitrogens with zero attached hydrogens (tertiary/aromatic N) is 1. The Hall–Kier alpha value is -1.09. The molecular formula is C13H19FN2. The van der Waals surface area contributed by atoms with Gasteiger partial charge in [0.1, 0.15) is 5.82 Å². The van der Waals surface area contributed by atoms with Crippen molar-refractivity contribution in [2.75, 3.05) is 31.1 Å². The van der Waals surface area contributed by atoms with Gasteiger partial charge in [0.2, 0.25) is 0 Å². The van der Waals surface area contributed by atoms with Gasteiger partial charge in [-0.2, -0.15) is 0 Å². The van der Waals surface area contributed by atoms with Crippen molar-refractivity contribution in [3.8, 4) is 0 Å². The van der Waals surface area contributed by atoms with E-state index in [-0.39, 0.29) is 5.82 Å². The smallest absolute Gasteiger partial charge is 0.146 e. The van der Waals surface area contributed by atoms with E-state index in [4.69, 9.17) is 0 Å². The summed E-state index contributed by atoms with van der Waals surface area (Å²) < 4.78 is 13.6. The average molecular weight is 222 g/mol. The van der Waals surface area contributed by atoms with Gasteiger partial charge in [-0.3, -0.25) is 0 Å². The Balaban J connectivity index is 1.96. The maximum Gasteiger partial charge on any atom is 0.146 e. The molecule has 1 heterocycles. The van der Waals surface area contributed by atoms with E-state index >= 15 is 0 Å². The zero-order valence-corrected chi connectivity index (χ0v) is 9.75. The Bertz CT molecular complexity index is 340. The van der Waals surface area contributed by atoms with Crippen LogP contribution in [0.1, 0.15) is 13.3 Å². The number of rotatable bonds is 4. The molecule has 1 aromatic carbocycles. The highest BCUT2D eigenvalue weighted by Crippen LogP contribution is 2.25. The van der Waals surface area contributed by atoms with Crippen LogP contribution in [0.4, 0.5) is 10.1 Å². The van der Waals surface area contributed by atoms with Crippen molar-refractivity contribution in [1.29, 1.82) is 0 Å². The van der Waals surface area contributed by atoms with Crippen LogP contribution in [0.15, 0.2) is 24.3 Å². The lowest BCUT2D eigenvalue weighted by Gasteiger charge is -2.19. The lowest BCUT2D eigenvalue weighted by Crippen LogP contribution is -2.26. The summed E-state index contributed by atoms with van der Waals surface area (Å²) >= 11 is 0. The molecule has 1 aromatic rings. The van der Waals surface area contributed by atoms with Crippen molar-refractivity contribution < 1.29 is 4.39 Å². The molecule has 0 bridgehead atoms. The first kappa shape index (κ1) is 11.4. The zero-order valence-electron chi connectivity index (χ0n) is 9.75. The van der Waals surface area contributed by atoms with Gasteiger partial charge in [-0.25, -0.2) is 4.39 Å². The molecule has 0 aromatic heterocycles. The van der Waals surface area contributed by atoms with Crippen LogP contribution in [0, 0.1) is 11.7 Å². The van der Waals surface area contributed by atoms with E-state index in [2.05, 4.69) is 17.1 Å². The third-order valence-corrected chi connectivity index (χ3v) is 3.16. The lowest BCUT2D eigenvalue weighted by atomic mass is 10.1. The Morgan fingerprint density at radius 3 is 3.00 bits per heavy atom. The minimum absolute atomic E-state index is 0.105. The van der Waals surface area contributed by atoms with E-state index in [0.29, 0.717) is 5.92 Å². The first-order valence-electron chi connectivity index (χ1n) is 6.01.